The zero-order valence-electron chi connectivity index (χ0n) is 12.8. The first-order valence-corrected chi connectivity index (χ1v) is 8.38. The van der Waals surface area contributed by atoms with Crippen LogP contribution in [-0.2, 0) is 10.0 Å². The number of nitrogens with zero attached hydrogens (tertiary/aromatic N) is 2. The number of anilines is 1. The predicted octanol–water partition coefficient (Wildman–Crippen LogP) is 1.42. The number of hydrogen-bond acceptors (Lipinski definition) is 6. The van der Waals surface area contributed by atoms with E-state index in [1.807, 2.05) is 0 Å². The quantitative estimate of drug-likeness (QED) is 0.550. The van der Waals surface area contributed by atoms with E-state index in [1.165, 1.54) is 23.4 Å². The van der Waals surface area contributed by atoms with Gasteiger partial charge in [-0.25, -0.2) is 8.42 Å². The Balaban J connectivity index is 3.26. The summed E-state index contributed by atoms with van der Waals surface area (Å²) in [7, 11) is -3.75. The fraction of sp³-hybridized carbons (Fsp3) is 0.538. The van der Waals surface area contributed by atoms with Crippen LogP contribution in [0.5, 0.6) is 0 Å². The van der Waals surface area contributed by atoms with Crippen molar-refractivity contribution in [3.8, 4) is 0 Å². The molecule has 124 valence electrons. The third kappa shape index (κ3) is 4.15. The monoisotopic (exact) mass is 331 g/mol. The van der Waals surface area contributed by atoms with Gasteiger partial charge in [0.25, 0.3) is 5.69 Å². The molecule has 0 fully saturated rings. The molecule has 1 rings (SSSR count). The smallest absolute Gasteiger partial charge is 0.293 e. The van der Waals surface area contributed by atoms with Crippen molar-refractivity contribution in [3.63, 3.8) is 0 Å². The lowest BCUT2D eigenvalue weighted by Crippen LogP contribution is -2.30. The molecule has 1 aromatic carbocycles. The Morgan fingerprint density at radius 3 is 2.41 bits per heavy atom. The number of nitro groups is 1. The maximum Gasteiger partial charge on any atom is 0.293 e. The minimum Gasteiger partial charge on any atom is -0.392 e. The Kier molecular flexibility index (Phi) is 6.27. The Labute approximate surface area is 130 Å². The SMILES string of the molecule is CCN(CC)S(=O)(=O)c1ccc(NC[C@H](C)O)c([N+](=O)[O-])c1. The molecular formula is C13H21N3O5S. The van der Waals surface area contributed by atoms with Crippen LogP contribution in [0.4, 0.5) is 11.4 Å². The predicted molar refractivity (Wildman–Crippen MR) is 83.4 cm³/mol. The molecule has 0 radical (unpaired) electrons. The normalized spacial score (nSPS) is 13.1. The van der Waals surface area contributed by atoms with E-state index in [4.69, 9.17) is 0 Å². The highest BCUT2D eigenvalue weighted by Gasteiger charge is 2.25. The zero-order chi connectivity index (χ0) is 16.9. The standard InChI is InChI=1S/C13H21N3O5S/c1-4-15(5-2)22(20,21)11-6-7-12(14-9-10(3)17)13(8-11)16(18)19/h6-8,10,14,17H,4-5,9H2,1-3H3/t10-/m0/s1. The lowest BCUT2D eigenvalue weighted by molar-refractivity contribution is -0.384. The van der Waals surface area contributed by atoms with E-state index in [9.17, 15) is 23.6 Å². The molecule has 1 aromatic rings. The van der Waals surface area contributed by atoms with Gasteiger partial charge in [0.15, 0.2) is 0 Å². The number of nitrogens with one attached hydrogen (secondary N) is 1. The lowest BCUT2D eigenvalue weighted by Gasteiger charge is -2.18. The van der Waals surface area contributed by atoms with Crippen molar-refractivity contribution >= 4 is 21.4 Å². The second-order valence-electron chi connectivity index (χ2n) is 4.76. The molecule has 0 amide bonds. The zero-order valence-corrected chi connectivity index (χ0v) is 13.6. The van der Waals surface area contributed by atoms with Gasteiger partial charge in [0.05, 0.1) is 15.9 Å². The molecule has 0 unspecified atom stereocenters. The number of aliphatic hydroxyl groups is 1. The summed E-state index contributed by atoms with van der Waals surface area (Å²) in [6.07, 6.45) is -0.682. The van der Waals surface area contributed by atoms with Gasteiger partial charge in [-0.2, -0.15) is 4.31 Å². The highest BCUT2D eigenvalue weighted by Crippen LogP contribution is 2.28. The van der Waals surface area contributed by atoms with Crippen molar-refractivity contribution < 1.29 is 18.4 Å². The summed E-state index contributed by atoms with van der Waals surface area (Å²) in [5, 5.41) is 23.1. The summed E-state index contributed by atoms with van der Waals surface area (Å²) in [5.74, 6) is 0. The van der Waals surface area contributed by atoms with Crippen LogP contribution < -0.4 is 5.32 Å². The number of sulfonamides is 1. The van der Waals surface area contributed by atoms with Crippen LogP contribution in [0.15, 0.2) is 23.1 Å². The minimum atomic E-state index is -3.75. The number of rotatable bonds is 8. The third-order valence-electron chi connectivity index (χ3n) is 3.10. The fourth-order valence-corrected chi connectivity index (χ4v) is 3.42. The molecule has 0 saturated carbocycles. The molecule has 0 saturated heterocycles. The average Bonchev–Trinajstić information content (AvgIpc) is 2.45. The van der Waals surface area contributed by atoms with Crippen LogP contribution in [0, 0.1) is 10.1 Å². The highest BCUT2D eigenvalue weighted by atomic mass is 32.2. The fourth-order valence-electron chi connectivity index (χ4n) is 1.94. The first-order valence-electron chi connectivity index (χ1n) is 6.94. The van der Waals surface area contributed by atoms with Gasteiger partial charge in [0, 0.05) is 25.7 Å². The van der Waals surface area contributed by atoms with Crippen molar-refractivity contribution in [1.29, 1.82) is 0 Å². The molecule has 0 bridgehead atoms. The topological polar surface area (TPSA) is 113 Å². The Bertz CT molecular complexity index is 627. The Morgan fingerprint density at radius 2 is 1.95 bits per heavy atom. The van der Waals surface area contributed by atoms with Crippen molar-refractivity contribution in [3.05, 3.63) is 28.3 Å². The summed E-state index contributed by atoms with van der Waals surface area (Å²) in [6.45, 7) is 5.65. The molecule has 0 aliphatic rings. The summed E-state index contributed by atoms with van der Waals surface area (Å²) < 4.78 is 26.0. The first kappa shape index (κ1) is 18.3. The molecule has 0 heterocycles. The van der Waals surface area contributed by atoms with Crippen LogP contribution in [0.1, 0.15) is 20.8 Å². The van der Waals surface area contributed by atoms with Crippen LogP contribution >= 0.6 is 0 Å². The van der Waals surface area contributed by atoms with Crippen LogP contribution in [0.2, 0.25) is 0 Å². The highest BCUT2D eigenvalue weighted by molar-refractivity contribution is 7.89. The van der Waals surface area contributed by atoms with Crippen LogP contribution in [0.25, 0.3) is 0 Å². The molecule has 22 heavy (non-hydrogen) atoms. The summed E-state index contributed by atoms with van der Waals surface area (Å²) in [6, 6.07) is 3.71. The average molecular weight is 331 g/mol. The largest absolute Gasteiger partial charge is 0.392 e. The van der Waals surface area contributed by atoms with E-state index >= 15 is 0 Å². The summed E-state index contributed by atoms with van der Waals surface area (Å²) in [4.78, 5) is 10.4. The van der Waals surface area contributed by atoms with Crippen molar-refractivity contribution in [2.75, 3.05) is 25.0 Å². The van der Waals surface area contributed by atoms with Gasteiger partial charge in [-0.15, -0.1) is 0 Å². The molecule has 1 atom stereocenters. The van der Waals surface area contributed by atoms with Gasteiger partial charge < -0.3 is 10.4 Å². The van der Waals surface area contributed by atoms with Gasteiger partial charge in [-0.3, -0.25) is 10.1 Å². The molecule has 0 aliphatic carbocycles. The molecule has 0 aliphatic heterocycles. The van der Waals surface area contributed by atoms with Crippen molar-refractivity contribution in [2.24, 2.45) is 0 Å². The number of nitro benzene ring substituents is 1. The lowest BCUT2D eigenvalue weighted by atomic mass is 10.2. The van der Waals surface area contributed by atoms with E-state index in [1.54, 1.807) is 13.8 Å². The summed E-state index contributed by atoms with van der Waals surface area (Å²) in [5.41, 5.74) is -0.168. The molecular weight excluding hydrogens is 310 g/mol. The van der Waals surface area contributed by atoms with E-state index in [0.717, 1.165) is 6.07 Å². The van der Waals surface area contributed by atoms with Gasteiger partial charge in [-0.1, -0.05) is 13.8 Å². The molecule has 8 nitrogen and oxygen atoms in total. The minimum absolute atomic E-state index is 0.120. The van der Waals surface area contributed by atoms with E-state index in [0.29, 0.717) is 0 Å². The first-order chi connectivity index (χ1) is 10.2. The second kappa shape index (κ2) is 7.52. The number of aliphatic hydroxyl groups excluding tert-OH is 1. The van der Waals surface area contributed by atoms with Crippen molar-refractivity contribution in [2.45, 2.75) is 31.8 Å². The van der Waals surface area contributed by atoms with Crippen LogP contribution in [-0.4, -0.2) is 48.5 Å². The number of hydrogen-bond donors (Lipinski definition) is 2. The van der Waals surface area contributed by atoms with Gasteiger partial charge in [0.2, 0.25) is 10.0 Å². The van der Waals surface area contributed by atoms with E-state index in [-0.39, 0.29) is 35.9 Å². The molecule has 0 spiro atoms. The molecule has 9 heteroatoms. The summed E-state index contributed by atoms with van der Waals surface area (Å²) >= 11 is 0. The van der Waals surface area contributed by atoms with Gasteiger partial charge in [-0.05, 0) is 19.1 Å². The Morgan fingerprint density at radius 1 is 1.36 bits per heavy atom. The maximum atomic E-state index is 12.4. The molecule has 0 aromatic heterocycles. The van der Waals surface area contributed by atoms with Gasteiger partial charge in [0.1, 0.15) is 5.69 Å². The van der Waals surface area contributed by atoms with Gasteiger partial charge >= 0.3 is 0 Å². The van der Waals surface area contributed by atoms with Crippen molar-refractivity contribution in [1.82, 2.24) is 4.31 Å². The number of benzene rings is 1. The maximum absolute atomic E-state index is 12.4. The Hall–Kier alpha value is -1.71. The van der Waals surface area contributed by atoms with Crippen LogP contribution in [0.3, 0.4) is 0 Å². The second-order valence-corrected chi connectivity index (χ2v) is 6.69. The van der Waals surface area contributed by atoms with E-state index < -0.39 is 21.1 Å². The molecule has 2 N–H and O–H groups in total. The third-order valence-corrected chi connectivity index (χ3v) is 5.14. The van der Waals surface area contributed by atoms with E-state index in [2.05, 4.69) is 5.32 Å².